The van der Waals surface area contributed by atoms with Crippen molar-refractivity contribution >= 4 is 5.91 Å². The molecule has 5 heteroatoms. The zero-order valence-electron chi connectivity index (χ0n) is 12.0. The number of ether oxygens (including phenoxy) is 2. The molecule has 1 aliphatic rings. The highest BCUT2D eigenvalue weighted by Gasteiger charge is 2.28. The summed E-state index contributed by atoms with van der Waals surface area (Å²) in [6.45, 7) is 2.64. The minimum atomic E-state index is -0.0934. The molecule has 1 amide bonds. The van der Waals surface area contributed by atoms with E-state index in [9.17, 15) is 9.90 Å². The van der Waals surface area contributed by atoms with Crippen LogP contribution in [0.3, 0.4) is 0 Å². The monoisotopic (exact) mass is 279 g/mol. The Balaban J connectivity index is 1.96. The van der Waals surface area contributed by atoms with E-state index in [1.54, 1.807) is 18.1 Å². The Morgan fingerprint density at radius 3 is 2.95 bits per heavy atom. The number of carbonyl (C=O) groups excluding carboxylic acids is 1. The second kappa shape index (κ2) is 6.61. The van der Waals surface area contributed by atoms with Crippen LogP contribution in [0.15, 0.2) is 18.2 Å². The van der Waals surface area contributed by atoms with Gasteiger partial charge in [-0.15, -0.1) is 0 Å². The summed E-state index contributed by atoms with van der Waals surface area (Å²) in [5, 5.41) is 9.23. The van der Waals surface area contributed by atoms with Crippen molar-refractivity contribution in [2.45, 2.75) is 25.8 Å². The maximum Gasteiger partial charge on any atom is 0.260 e. The van der Waals surface area contributed by atoms with Gasteiger partial charge < -0.3 is 19.5 Å². The van der Waals surface area contributed by atoms with E-state index in [1.807, 2.05) is 19.1 Å². The zero-order chi connectivity index (χ0) is 14.5. The number of hydrogen-bond acceptors (Lipinski definition) is 4. The first-order valence-electron chi connectivity index (χ1n) is 6.83. The van der Waals surface area contributed by atoms with Gasteiger partial charge in [-0.2, -0.15) is 0 Å². The SMILES string of the molecule is COc1cc(C)ccc1OCC(=O)N1CCC[C@@H]1CO. The number of likely N-dealkylation sites (tertiary alicyclic amines) is 1. The number of hydrogen-bond donors (Lipinski definition) is 1. The maximum atomic E-state index is 12.1. The molecule has 1 aromatic carbocycles. The van der Waals surface area contributed by atoms with Gasteiger partial charge in [0, 0.05) is 6.54 Å². The standard InChI is InChI=1S/C15H21NO4/c1-11-5-6-13(14(8-11)19-2)20-10-15(18)16-7-3-4-12(16)9-17/h5-6,8,12,17H,3-4,7,9-10H2,1-2H3/t12-/m1/s1. The Morgan fingerprint density at radius 1 is 1.45 bits per heavy atom. The average Bonchev–Trinajstić information content (AvgIpc) is 2.94. The van der Waals surface area contributed by atoms with Crippen LogP contribution in [-0.4, -0.2) is 48.8 Å². The van der Waals surface area contributed by atoms with E-state index in [2.05, 4.69) is 0 Å². The van der Waals surface area contributed by atoms with Gasteiger partial charge in [0.1, 0.15) is 0 Å². The van der Waals surface area contributed by atoms with E-state index in [0.29, 0.717) is 18.0 Å². The van der Waals surface area contributed by atoms with Crippen molar-refractivity contribution in [2.24, 2.45) is 0 Å². The van der Waals surface area contributed by atoms with Crippen molar-refractivity contribution in [1.82, 2.24) is 4.90 Å². The molecule has 0 unspecified atom stereocenters. The van der Waals surface area contributed by atoms with Crippen LogP contribution >= 0.6 is 0 Å². The molecule has 1 aromatic rings. The minimum Gasteiger partial charge on any atom is -0.493 e. The van der Waals surface area contributed by atoms with Gasteiger partial charge in [-0.05, 0) is 37.5 Å². The molecule has 110 valence electrons. The van der Waals surface area contributed by atoms with Gasteiger partial charge in [-0.25, -0.2) is 0 Å². The predicted octanol–water partition coefficient (Wildman–Crippen LogP) is 1.37. The molecule has 0 aromatic heterocycles. The summed E-state index contributed by atoms with van der Waals surface area (Å²) in [6.07, 6.45) is 1.79. The van der Waals surface area contributed by atoms with Crippen molar-refractivity contribution in [3.05, 3.63) is 23.8 Å². The average molecular weight is 279 g/mol. The highest BCUT2D eigenvalue weighted by molar-refractivity contribution is 5.78. The largest absolute Gasteiger partial charge is 0.493 e. The molecule has 0 aliphatic carbocycles. The van der Waals surface area contributed by atoms with Crippen molar-refractivity contribution in [1.29, 1.82) is 0 Å². The Bertz CT molecular complexity index is 475. The molecule has 1 fully saturated rings. The number of rotatable bonds is 5. The van der Waals surface area contributed by atoms with Crippen LogP contribution in [0.2, 0.25) is 0 Å². The first-order valence-corrected chi connectivity index (χ1v) is 6.83. The second-order valence-corrected chi connectivity index (χ2v) is 5.01. The summed E-state index contributed by atoms with van der Waals surface area (Å²) in [7, 11) is 1.58. The number of aliphatic hydroxyl groups is 1. The third-order valence-electron chi connectivity index (χ3n) is 3.58. The summed E-state index contributed by atoms with van der Waals surface area (Å²) in [6, 6.07) is 5.52. The molecule has 1 saturated heterocycles. The third kappa shape index (κ3) is 3.22. The van der Waals surface area contributed by atoms with E-state index in [-0.39, 0.29) is 25.2 Å². The Labute approximate surface area is 119 Å². The number of aryl methyl sites for hydroxylation is 1. The Morgan fingerprint density at radius 2 is 2.25 bits per heavy atom. The van der Waals surface area contributed by atoms with Crippen molar-refractivity contribution in [2.75, 3.05) is 26.9 Å². The molecule has 0 spiro atoms. The molecule has 1 heterocycles. The Kier molecular flexibility index (Phi) is 4.84. The number of nitrogens with zero attached hydrogens (tertiary/aromatic N) is 1. The van der Waals surface area contributed by atoms with Gasteiger partial charge in [0.05, 0.1) is 19.8 Å². The van der Waals surface area contributed by atoms with Gasteiger partial charge in [0.15, 0.2) is 18.1 Å². The van der Waals surface area contributed by atoms with Crippen LogP contribution in [0.25, 0.3) is 0 Å². The number of methoxy groups -OCH3 is 1. The first kappa shape index (κ1) is 14.7. The molecule has 1 aliphatic heterocycles. The van der Waals surface area contributed by atoms with Crippen molar-refractivity contribution in [3.8, 4) is 11.5 Å². The van der Waals surface area contributed by atoms with Crippen LogP contribution in [-0.2, 0) is 4.79 Å². The molecule has 1 N–H and O–H groups in total. The molecule has 2 rings (SSSR count). The quantitative estimate of drug-likeness (QED) is 0.884. The fourth-order valence-corrected chi connectivity index (χ4v) is 2.47. The topological polar surface area (TPSA) is 59.0 Å². The van der Waals surface area contributed by atoms with Gasteiger partial charge in [0.25, 0.3) is 5.91 Å². The lowest BCUT2D eigenvalue weighted by atomic mass is 10.2. The molecule has 0 bridgehead atoms. The van der Waals surface area contributed by atoms with Crippen LogP contribution in [0, 0.1) is 6.92 Å². The van der Waals surface area contributed by atoms with Crippen LogP contribution < -0.4 is 9.47 Å². The number of benzene rings is 1. The molecule has 0 saturated carbocycles. The van der Waals surface area contributed by atoms with Crippen LogP contribution in [0.1, 0.15) is 18.4 Å². The van der Waals surface area contributed by atoms with Gasteiger partial charge in [-0.3, -0.25) is 4.79 Å². The summed E-state index contributed by atoms with van der Waals surface area (Å²) < 4.78 is 10.8. The third-order valence-corrected chi connectivity index (χ3v) is 3.58. The number of carbonyl (C=O) groups is 1. The second-order valence-electron chi connectivity index (χ2n) is 5.01. The fourth-order valence-electron chi connectivity index (χ4n) is 2.47. The van der Waals surface area contributed by atoms with E-state index in [1.165, 1.54) is 0 Å². The zero-order valence-corrected chi connectivity index (χ0v) is 12.0. The predicted molar refractivity (Wildman–Crippen MR) is 75.0 cm³/mol. The molecule has 5 nitrogen and oxygen atoms in total. The molecular formula is C15H21NO4. The smallest absolute Gasteiger partial charge is 0.260 e. The molecule has 0 radical (unpaired) electrons. The van der Waals surface area contributed by atoms with Gasteiger partial charge >= 0.3 is 0 Å². The molecular weight excluding hydrogens is 258 g/mol. The lowest BCUT2D eigenvalue weighted by Gasteiger charge is -2.23. The highest BCUT2D eigenvalue weighted by atomic mass is 16.5. The van der Waals surface area contributed by atoms with Gasteiger partial charge in [-0.1, -0.05) is 6.07 Å². The lowest BCUT2D eigenvalue weighted by Crippen LogP contribution is -2.40. The van der Waals surface area contributed by atoms with E-state index >= 15 is 0 Å². The maximum absolute atomic E-state index is 12.1. The molecule has 20 heavy (non-hydrogen) atoms. The summed E-state index contributed by atoms with van der Waals surface area (Å²) in [5.74, 6) is 1.09. The summed E-state index contributed by atoms with van der Waals surface area (Å²) in [4.78, 5) is 13.8. The molecule has 1 atom stereocenters. The van der Waals surface area contributed by atoms with Crippen molar-refractivity contribution < 1.29 is 19.4 Å². The first-order chi connectivity index (χ1) is 9.65. The van der Waals surface area contributed by atoms with E-state index in [0.717, 1.165) is 18.4 Å². The van der Waals surface area contributed by atoms with Crippen LogP contribution in [0.4, 0.5) is 0 Å². The lowest BCUT2D eigenvalue weighted by molar-refractivity contribution is -0.134. The summed E-state index contributed by atoms with van der Waals surface area (Å²) in [5.41, 5.74) is 1.07. The van der Waals surface area contributed by atoms with Crippen LogP contribution in [0.5, 0.6) is 11.5 Å². The normalized spacial score (nSPS) is 18.1. The summed E-state index contributed by atoms with van der Waals surface area (Å²) >= 11 is 0. The fraction of sp³-hybridized carbons (Fsp3) is 0.533. The Hall–Kier alpha value is -1.75. The number of aliphatic hydroxyl groups excluding tert-OH is 1. The van der Waals surface area contributed by atoms with E-state index in [4.69, 9.17) is 9.47 Å². The van der Waals surface area contributed by atoms with Crippen molar-refractivity contribution in [3.63, 3.8) is 0 Å². The van der Waals surface area contributed by atoms with E-state index < -0.39 is 0 Å². The highest BCUT2D eigenvalue weighted by Crippen LogP contribution is 2.28. The number of amides is 1. The minimum absolute atomic E-state index is 0.0135. The van der Waals surface area contributed by atoms with Gasteiger partial charge in [0.2, 0.25) is 0 Å².